The molecule has 10 nitrogen and oxygen atoms in total. The molecule has 0 saturated carbocycles. The van der Waals surface area contributed by atoms with Gasteiger partial charge in [0.2, 0.25) is 0 Å². The monoisotopic (exact) mass is 480 g/mol. The third kappa shape index (κ3) is 6.46. The molecule has 184 valence electrons. The van der Waals surface area contributed by atoms with Gasteiger partial charge in [0, 0.05) is 38.3 Å². The van der Waals surface area contributed by atoms with E-state index in [9.17, 15) is 9.18 Å². The maximum absolute atomic E-state index is 14.3. The molecule has 0 radical (unpaired) electrons. The second-order valence-corrected chi connectivity index (χ2v) is 8.53. The molecule has 1 fully saturated rings. The second-order valence-electron chi connectivity index (χ2n) is 8.53. The van der Waals surface area contributed by atoms with Gasteiger partial charge in [-0.3, -0.25) is 4.79 Å². The Morgan fingerprint density at radius 3 is 2.57 bits per heavy atom. The fraction of sp³-hybridized carbons (Fsp3) is 0.375. The number of nitrogens with two attached hydrogens (primary N) is 1. The lowest BCUT2D eigenvalue weighted by atomic mass is 10.1. The highest BCUT2D eigenvalue weighted by Gasteiger charge is 2.17. The van der Waals surface area contributed by atoms with Crippen molar-refractivity contribution in [2.24, 2.45) is 5.73 Å². The van der Waals surface area contributed by atoms with Crippen molar-refractivity contribution in [3.8, 4) is 17.3 Å². The number of carbonyl (C=O) groups excluding carboxylic acids is 1. The van der Waals surface area contributed by atoms with E-state index in [0.29, 0.717) is 12.3 Å². The number of aryl methyl sites for hydroxylation is 1. The number of anilines is 2. The number of carbonyl (C=O) groups is 1. The number of hydrogen-bond donors (Lipinski definition) is 2. The number of halogens is 1. The molecule has 1 saturated heterocycles. The number of ether oxygens (including phenoxy) is 1. The van der Waals surface area contributed by atoms with Crippen LogP contribution in [0, 0.1) is 12.7 Å². The number of primary amides is 1. The lowest BCUT2D eigenvalue weighted by Crippen LogP contribution is -2.44. The quantitative estimate of drug-likeness (QED) is 0.444. The Labute approximate surface area is 203 Å². The van der Waals surface area contributed by atoms with Crippen molar-refractivity contribution in [3.63, 3.8) is 0 Å². The number of aromatic nitrogens is 4. The Morgan fingerprint density at radius 2 is 1.89 bits per heavy atom. The molecule has 2 aromatic heterocycles. The molecule has 3 N–H and O–H groups in total. The van der Waals surface area contributed by atoms with Gasteiger partial charge in [0.15, 0.2) is 11.5 Å². The molecule has 0 atom stereocenters. The van der Waals surface area contributed by atoms with E-state index in [0.717, 1.165) is 44.7 Å². The van der Waals surface area contributed by atoms with Crippen LogP contribution in [0.2, 0.25) is 0 Å². The van der Waals surface area contributed by atoms with Gasteiger partial charge in [-0.15, -0.1) is 0 Å². The van der Waals surface area contributed by atoms with E-state index < -0.39 is 11.7 Å². The van der Waals surface area contributed by atoms with Crippen molar-refractivity contribution in [2.75, 3.05) is 51.7 Å². The summed E-state index contributed by atoms with van der Waals surface area (Å²) in [7, 11) is 2.14. The first-order valence-electron chi connectivity index (χ1n) is 11.4. The highest BCUT2D eigenvalue weighted by Crippen LogP contribution is 2.24. The smallest absolute Gasteiger partial charge is 0.316 e. The van der Waals surface area contributed by atoms with Crippen LogP contribution < -0.4 is 15.8 Å². The van der Waals surface area contributed by atoms with Gasteiger partial charge in [0.05, 0.1) is 36.6 Å². The van der Waals surface area contributed by atoms with Gasteiger partial charge < -0.3 is 25.6 Å². The molecule has 1 aliphatic rings. The lowest BCUT2D eigenvalue weighted by molar-refractivity contribution is 0.0996. The van der Waals surface area contributed by atoms with E-state index >= 15 is 0 Å². The molecule has 0 bridgehead atoms. The number of nitrogens with one attached hydrogen (secondary N) is 1. The van der Waals surface area contributed by atoms with Crippen LogP contribution in [0.5, 0.6) is 6.01 Å². The SMILES string of the molecule is Cc1ccc(-c2cnc(Nc3cnc(OCCCN4CCN(C)CC4)nc3)c(C(N)=O)n2)c(F)c1. The molecule has 11 heteroatoms. The molecule has 3 heterocycles. The molecule has 35 heavy (non-hydrogen) atoms. The number of benzene rings is 1. The zero-order valence-electron chi connectivity index (χ0n) is 19.9. The zero-order chi connectivity index (χ0) is 24.8. The van der Waals surface area contributed by atoms with Crippen LogP contribution in [0.1, 0.15) is 22.5 Å². The van der Waals surface area contributed by atoms with E-state index in [1.54, 1.807) is 19.1 Å². The average Bonchev–Trinajstić information content (AvgIpc) is 2.84. The van der Waals surface area contributed by atoms with Crippen molar-refractivity contribution in [2.45, 2.75) is 13.3 Å². The van der Waals surface area contributed by atoms with Crippen LogP contribution in [0.15, 0.2) is 36.8 Å². The Bertz CT molecular complexity index is 1170. The zero-order valence-corrected chi connectivity index (χ0v) is 19.9. The predicted octanol–water partition coefficient (Wildman–Crippen LogP) is 2.24. The van der Waals surface area contributed by atoms with Crippen molar-refractivity contribution in [3.05, 3.63) is 53.9 Å². The Morgan fingerprint density at radius 1 is 1.14 bits per heavy atom. The largest absolute Gasteiger partial charge is 0.463 e. The normalized spacial score (nSPS) is 14.6. The topological polar surface area (TPSA) is 122 Å². The van der Waals surface area contributed by atoms with Crippen LogP contribution in [0.3, 0.4) is 0 Å². The minimum absolute atomic E-state index is 0.119. The maximum Gasteiger partial charge on any atom is 0.316 e. The van der Waals surface area contributed by atoms with Gasteiger partial charge >= 0.3 is 6.01 Å². The van der Waals surface area contributed by atoms with E-state index in [1.807, 2.05) is 0 Å². The molecule has 1 aliphatic heterocycles. The first-order chi connectivity index (χ1) is 16.9. The number of amides is 1. The summed E-state index contributed by atoms with van der Waals surface area (Å²) in [5, 5.41) is 2.94. The van der Waals surface area contributed by atoms with E-state index in [4.69, 9.17) is 10.5 Å². The Kier molecular flexibility index (Phi) is 7.78. The third-order valence-electron chi connectivity index (χ3n) is 5.74. The summed E-state index contributed by atoms with van der Waals surface area (Å²) < 4.78 is 20.0. The first kappa shape index (κ1) is 24.4. The van der Waals surface area contributed by atoms with Crippen LogP contribution in [0.25, 0.3) is 11.3 Å². The summed E-state index contributed by atoms with van der Waals surface area (Å²) >= 11 is 0. The number of hydrogen-bond acceptors (Lipinski definition) is 9. The summed E-state index contributed by atoms with van der Waals surface area (Å²) in [6, 6.07) is 4.99. The molecular weight excluding hydrogens is 451 g/mol. The standard InChI is InChI=1S/C24H29FN8O2/c1-16-4-5-18(19(25)12-16)20-15-27-23(21(31-20)22(26)34)30-17-13-28-24(29-14-17)35-11-3-6-33-9-7-32(2)8-10-33/h4-5,12-15H,3,6-11H2,1-2H3,(H2,26,34)(H,27,30). The predicted molar refractivity (Wildman–Crippen MR) is 130 cm³/mol. The number of rotatable bonds is 9. The third-order valence-corrected chi connectivity index (χ3v) is 5.74. The molecule has 0 spiro atoms. The molecule has 1 aromatic carbocycles. The van der Waals surface area contributed by atoms with Crippen molar-refractivity contribution >= 4 is 17.4 Å². The number of nitrogens with zero attached hydrogens (tertiary/aromatic N) is 6. The summed E-state index contributed by atoms with van der Waals surface area (Å²) in [6.45, 7) is 7.61. The first-order valence-corrected chi connectivity index (χ1v) is 11.4. The maximum atomic E-state index is 14.3. The average molecular weight is 481 g/mol. The molecule has 0 unspecified atom stereocenters. The fourth-order valence-corrected chi connectivity index (χ4v) is 3.73. The molecule has 4 rings (SSSR count). The van der Waals surface area contributed by atoms with Crippen LogP contribution in [0.4, 0.5) is 15.9 Å². The van der Waals surface area contributed by atoms with Gasteiger partial charge in [-0.1, -0.05) is 6.07 Å². The Hall–Kier alpha value is -3.70. The van der Waals surface area contributed by atoms with Crippen LogP contribution in [-0.4, -0.2) is 82.0 Å². The molecule has 1 amide bonds. The highest BCUT2D eigenvalue weighted by atomic mass is 19.1. The van der Waals surface area contributed by atoms with Gasteiger partial charge in [-0.05, 0) is 38.1 Å². The fourth-order valence-electron chi connectivity index (χ4n) is 3.73. The van der Waals surface area contributed by atoms with Gasteiger partial charge in [0.25, 0.3) is 5.91 Å². The van der Waals surface area contributed by atoms with Gasteiger partial charge in [-0.2, -0.15) is 0 Å². The molecule has 0 aliphatic carbocycles. The highest BCUT2D eigenvalue weighted by molar-refractivity contribution is 5.96. The van der Waals surface area contributed by atoms with Gasteiger partial charge in [0.1, 0.15) is 5.82 Å². The van der Waals surface area contributed by atoms with E-state index in [-0.39, 0.29) is 28.8 Å². The number of likely N-dealkylation sites (N-methyl/N-ethyl adjacent to an activating group) is 1. The van der Waals surface area contributed by atoms with Gasteiger partial charge in [-0.25, -0.2) is 24.3 Å². The summed E-state index contributed by atoms with van der Waals surface area (Å²) in [6.07, 6.45) is 5.30. The van der Waals surface area contributed by atoms with Crippen molar-refractivity contribution < 1.29 is 13.9 Å². The van der Waals surface area contributed by atoms with Crippen molar-refractivity contribution in [1.82, 2.24) is 29.7 Å². The second kappa shape index (κ2) is 11.2. The molecule has 3 aromatic rings. The molecular formula is C24H29FN8O2. The van der Waals surface area contributed by atoms with Crippen LogP contribution >= 0.6 is 0 Å². The van der Waals surface area contributed by atoms with E-state index in [1.165, 1.54) is 24.7 Å². The number of piperazine rings is 1. The summed E-state index contributed by atoms with van der Waals surface area (Å²) in [4.78, 5) is 33.6. The minimum atomic E-state index is -0.796. The Balaban J connectivity index is 1.35. The van der Waals surface area contributed by atoms with Crippen molar-refractivity contribution in [1.29, 1.82) is 0 Å². The van der Waals surface area contributed by atoms with Crippen LogP contribution in [-0.2, 0) is 0 Å². The van der Waals surface area contributed by atoms with E-state index in [2.05, 4.69) is 42.1 Å². The summed E-state index contributed by atoms with van der Waals surface area (Å²) in [5.74, 6) is -1.13. The minimum Gasteiger partial charge on any atom is -0.463 e. The summed E-state index contributed by atoms with van der Waals surface area (Å²) in [5.41, 5.74) is 7.06. The lowest BCUT2D eigenvalue weighted by Gasteiger charge is -2.32.